The van der Waals surface area contributed by atoms with E-state index in [4.69, 9.17) is 4.74 Å². The molecule has 1 aromatic heterocycles. The predicted molar refractivity (Wildman–Crippen MR) is 122 cm³/mol. The van der Waals surface area contributed by atoms with Crippen molar-refractivity contribution in [1.82, 2.24) is 20.2 Å². The van der Waals surface area contributed by atoms with Crippen molar-refractivity contribution in [3.8, 4) is 11.5 Å². The molecule has 2 fully saturated rings. The monoisotopic (exact) mass is 441 g/mol. The van der Waals surface area contributed by atoms with Crippen molar-refractivity contribution < 1.29 is 13.9 Å². The van der Waals surface area contributed by atoms with E-state index in [-0.39, 0.29) is 17.5 Å². The molecule has 7 nitrogen and oxygen atoms in total. The molecule has 32 heavy (non-hydrogen) atoms. The molecule has 3 heterocycles. The fourth-order valence-corrected chi connectivity index (χ4v) is 4.71. The van der Waals surface area contributed by atoms with E-state index in [9.17, 15) is 9.18 Å². The minimum atomic E-state index is -0.475. The van der Waals surface area contributed by atoms with Crippen LogP contribution in [0.15, 0.2) is 24.4 Å². The molecular formula is C24H32FN5O2. The lowest BCUT2D eigenvalue weighted by Gasteiger charge is -2.53. The Balaban J connectivity index is 1.62. The van der Waals surface area contributed by atoms with E-state index in [1.54, 1.807) is 11.1 Å². The molecule has 0 unspecified atom stereocenters. The fraction of sp³-hybridized carbons (Fsp3) is 0.542. The Bertz CT molecular complexity index is 982. The summed E-state index contributed by atoms with van der Waals surface area (Å²) in [5.74, 6) is 1.43. The average Bonchev–Trinajstić information content (AvgIpc) is 2.75. The highest BCUT2D eigenvalue weighted by atomic mass is 19.1. The molecule has 0 aliphatic carbocycles. The average molecular weight is 442 g/mol. The fourth-order valence-electron chi connectivity index (χ4n) is 4.71. The largest absolute Gasteiger partial charge is 0.451 e. The number of piperidine rings is 1. The summed E-state index contributed by atoms with van der Waals surface area (Å²) in [5, 5.41) is 3.42. The van der Waals surface area contributed by atoms with Gasteiger partial charge in [0.05, 0.1) is 11.8 Å². The van der Waals surface area contributed by atoms with E-state index in [0.717, 1.165) is 44.8 Å². The minimum Gasteiger partial charge on any atom is -0.451 e. The zero-order valence-corrected chi connectivity index (χ0v) is 19.3. The highest BCUT2D eigenvalue weighted by molar-refractivity contribution is 5.97. The summed E-state index contributed by atoms with van der Waals surface area (Å²) in [7, 11) is 0. The van der Waals surface area contributed by atoms with Gasteiger partial charge in [-0.15, -0.1) is 0 Å². The van der Waals surface area contributed by atoms with Crippen LogP contribution >= 0.6 is 0 Å². The van der Waals surface area contributed by atoms with Crippen LogP contribution in [0.3, 0.4) is 0 Å². The quantitative estimate of drug-likeness (QED) is 0.736. The number of halogens is 1. The number of hydrogen-bond acceptors (Lipinski definition) is 6. The van der Waals surface area contributed by atoms with Crippen molar-refractivity contribution in [2.75, 3.05) is 37.6 Å². The molecule has 2 saturated heterocycles. The third kappa shape index (κ3) is 4.41. The standard InChI is InChI=1S/C24H32FN5O2/c1-5-30(16(2)3)23(31)19-12-18(25)6-7-20(19)32-21-13-27-17(4)28-22(21)29-14-24(15-29)8-10-26-11-9-24/h6-7,12-13,16,26H,5,8-11,14-15H2,1-4H3. The second-order valence-corrected chi connectivity index (χ2v) is 9.14. The second kappa shape index (κ2) is 9.02. The van der Waals surface area contributed by atoms with Gasteiger partial charge in [0.15, 0.2) is 11.6 Å². The van der Waals surface area contributed by atoms with Gasteiger partial charge in [-0.2, -0.15) is 0 Å². The van der Waals surface area contributed by atoms with Crippen molar-refractivity contribution in [2.45, 2.75) is 46.6 Å². The van der Waals surface area contributed by atoms with Gasteiger partial charge in [-0.3, -0.25) is 4.79 Å². The van der Waals surface area contributed by atoms with Crippen LogP contribution in [0.4, 0.5) is 10.2 Å². The number of carbonyl (C=O) groups excluding carboxylic acids is 1. The number of amides is 1. The summed E-state index contributed by atoms with van der Waals surface area (Å²) in [4.78, 5) is 26.0. The van der Waals surface area contributed by atoms with Gasteiger partial charge in [-0.25, -0.2) is 14.4 Å². The number of carbonyl (C=O) groups is 1. The Morgan fingerprint density at radius 1 is 1.28 bits per heavy atom. The first-order valence-corrected chi connectivity index (χ1v) is 11.4. The molecule has 1 aromatic carbocycles. The summed E-state index contributed by atoms with van der Waals surface area (Å²) in [6.45, 7) is 12.1. The number of anilines is 1. The first kappa shape index (κ1) is 22.5. The van der Waals surface area contributed by atoms with Gasteiger partial charge in [0.25, 0.3) is 5.91 Å². The van der Waals surface area contributed by atoms with Crippen LogP contribution in [0.1, 0.15) is 49.8 Å². The molecule has 0 atom stereocenters. The number of nitrogens with zero attached hydrogens (tertiary/aromatic N) is 4. The molecule has 1 spiro atoms. The molecule has 0 radical (unpaired) electrons. The summed E-state index contributed by atoms with van der Waals surface area (Å²) in [5.41, 5.74) is 0.530. The van der Waals surface area contributed by atoms with Crippen LogP contribution in [0.5, 0.6) is 11.5 Å². The predicted octanol–water partition coefficient (Wildman–Crippen LogP) is 3.78. The van der Waals surface area contributed by atoms with Gasteiger partial charge in [0, 0.05) is 31.1 Å². The Morgan fingerprint density at radius 3 is 2.66 bits per heavy atom. The van der Waals surface area contributed by atoms with E-state index >= 15 is 0 Å². The van der Waals surface area contributed by atoms with Crippen LogP contribution in [0.25, 0.3) is 0 Å². The number of nitrogens with one attached hydrogen (secondary N) is 1. The first-order valence-electron chi connectivity index (χ1n) is 11.4. The van der Waals surface area contributed by atoms with Crippen LogP contribution in [-0.2, 0) is 0 Å². The smallest absolute Gasteiger partial charge is 0.257 e. The number of aromatic nitrogens is 2. The number of hydrogen-bond donors (Lipinski definition) is 1. The molecule has 2 aromatic rings. The number of benzene rings is 1. The van der Waals surface area contributed by atoms with Crippen LogP contribution in [-0.4, -0.2) is 59.5 Å². The maximum Gasteiger partial charge on any atom is 0.257 e. The molecule has 2 aliphatic heterocycles. The lowest BCUT2D eigenvalue weighted by molar-refractivity contribution is 0.0713. The Morgan fingerprint density at radius 2 is 2.00 bits per heavy atom. The maximum atomic E-state index is 14.1. The minimum absolute atomic E-state index is 0.0100. The van der Waals surface area contributed by atoms with Crippen LogP contribution in [0, 0.1) is 18.2 Å². The highest BCUT2D eigenvalue weighted by Gasteiger charge is 2.45. The van der Waals surface area contributed by atoms with Crippen molar-refractivity contribution >= 4 is 11.7 Å². The third-order valence-electron chi connectivity index (χ3n) is 6.49. The van der Waals surface area contributed by atoms with Gasteiger partial charge in [-0.05, 0) is 71.8 Å². The SMILES string of the molecule is CCN(C(=O)c1cc(F)ccc1Oc1cnc(C)nc1N1CC2(CCNCC2)C1)C(C)C. The Hall–Kier alpha value is -2.74. The van der Waals surface area contributed by atoms with E-state index in [1.807, 2.05) is 27.7 Å². The van der Waals surface area contributed by atoms with Crippen LogP contribution in [0.2, 0.25) is 0 Å². The summed E-state index contributed by atoms with van der Waals surface area (Å²) >= 11 is 0. The van der Waals surface area contributed by atoms with E-state index in [0.29, 0.717) is 29.3 Å². The number of aryl methyl sites for hydroxylation is 1. The maximum absolute atomic E-state index is 14.1. The molecular weight excluding hydrogens is 409 g/mol. The molecule has 2 aliphatic rings. The molecule has 0 bridgehead atoms. The van der Waals surface area contributed by atoms with Crippen molar-refractivity contribution in [1.29, 1.82) is 0 Å². The van der Waals surface area contributed by atoms with E-state index < -0.39 is 5.82 Å². The van der Waals surface area contributed by atoms with Crippen molar-refractivity contribution in [3.63, 3.8) is 0 Å². The zero-order chi connectivity index (χ0) is 22.9. The van der Waals surface area contributed by atoms with Crippen molar-refractivity contribution in [2.24, 2.45) is 5.41 Å². The zero-order valence-electron chi connectivity index (χ0n) is 19.3. The van der Waals surface area contributed by atoms with Crippen LogP contribution < -0.4 is 15.0 Å². The summed E-state index contributed by atoms with van der Waals surface area (Å²) in [6.07, 6.45) is 3.95. The topological polar surface area (TPSA) is 70.6 Å². The van der Waals surface area contributed by atoms with Gasteiger partial charge in [0.1, 0.15) is 17.4 Å². The molecule has 0 saturated carbocycles. The first-order chi connectivity index (χ1) is 15.3. The van der Waals surface area contributed by atoms with E-state index in [2.05, 4.69) is 20.2 Å². The molecule has 1 amide bonds. The van der Waals surface area contributed by atoms with Gasteiger partial charge in [0.2, 0.25) is 0 Å². The normalized spacial score (nSPS) is 17.4. The molecule has 172 valence electrons. The summed E-state index contributed by atoms with van der Waals surface area (Å²) in [6, 6.07) is 4.04. The lowest BCUT2D eigenvalue weighted by Crippen LogP contribution is -2.60. The summed E-state index contributed by atoms with van der Waals surface area (Å²) < 4.78 is 20.3. The second-order valence-electron chi connectivity index (χ2n) is 9.14. The third-order valence-corrected chi connectivity index (χ3v) is 6.49. The highest BCUT2D eigenvalue weighted by Crippen LogP contribution is 2.44. The molecule has 1 N–H and O–H groups in total. The van der Waals surface area contributed by atoms with Gasteiger partial charge < -0.3 is 19.9 Å². The number of ether oxygens (including phenoxy) is 1. The van der Waals surface area contributed by atoms with Gasteiger partial charge in [-0.1, -0.05) is 0 Å². The molecule has 8 heteroatoms. The molecule has 4 rings (SSSR count). The lowest BCUT2D eigenvalue weighted by atomic mass is 9.72. The Kier molecular flexibility index (Phi) is 6.33. The van der Waals surface area contributed by atoms with Gasteiger partial charge >= 0.3 is 0 Å². The Labute approximate surface area is 189 Å². The van der Waals surface area contributed by atoms with E-state index in [1.165, 1.54) is 18.2 Å². The van der Waals surface area contributed by atoms with Crippen molar-refractivity contribution in [3.05, 3.63) is 41.6 Å². The number of rotatable bonds is 6.